The predicted molar refractivity (Wildman–Crippen MR) is 106 cm³/mol. The Kier molecular flexibility index (Phi) is 7.69. The first kappa shape index (κ1) is 19.4. The van der Waals surface area contributed by atoms with E-state index >= 15 is 0 Å². The molecule has 0 aliphatic carbocycles. The van der Waals surface area contributed by atoms with Crippen LogP contribution in [0.3, 0.4) is 0 Å². The minimum atomic E-state index is -0.120. The van der Waals surface area contributed by atoms with Gasteiger partial charge in [0, 0.05) is 26.2 Å². The SMILES string of the molecule is O=C1NCCOCCCCN(Cc2ccccc2)CCOc2ccccc21. The maximum Gasteiger partial charge on any atom is 0.255 e. The summed E-state index contributed by atoms with van der Waals surface area (Å²) >= 11 is 0. The summed E-state index contributed by atoms with van der Waals surface area (Å²) < 4.78 is 11.6. The number of nitrogens with one attached hydrogen (secondary N) is 1. The highest BCUT2D eigenvalue weighted by molar-refractivity contribution is 5.96. The van der Waals surface area contributed by atoms with Gasteiger partial charge in [-0.3, -0.25) is 9.69 Å². The smallest absolute Gasteiger partial charge is 0.255 e. The van der Waals surface area contributed by atoms with Gasteiger partial charge in [0.1, 0.15) is 12.4 Å². The molecule has 2 aromatic carbocycles. The number of rotatable bonds is 2. The molecule has 2 aromatic rings. The van der Waals surface area contributed by atoms with Gasteiger partial charge in [0.2, 0.25) is 0 Å². The van der Waals surface area contributed by atoms with Gasteiger partial charge in [0.15, 0.2) is 0 Å². The van der Waals surface area contributed by atoms with Crippen molar-refractivity contribution in [2.45, 2.75) is 19.4 Å². The number of benzene rings is 2. The molecular formula is C22H28N2O3. The van der Waals surface area contributed by atoms with Crippen LogP contribution in [0.25, 0.3) is 0 Å². The Morgan fingerprint density at radius 3 is 2.59 bits per heavy atom. The van der Waals surface area contributed by atoms with Crippen LogP contribution in [0.15, 0.2) is 54.6 Å². The lowest BCUT2D eigenvalue weighted by atomic mass is 10.2. The molecule has 0 saturated carbocycles. The predicted octanol–water partition coefficient (Wildman–Crippen LogP) is 3.11. The number of hydrogen-bond donors (Lipinski definition) is 1. The lowest BCUT2D eigenvalue weighted by molar-refractivity contribution is 0.0909. The van der Waals surface area contributed by atoms with Gasteiger partial charge in [-0.05, 0) is 37.1 Å². The van der Waals surface area contributed by atoms with Crippen LogP contribution in [-0.4, -0.2) is 50.3 Å². The minimum Gasteiger partial charge on any atom is -0.491 e. The van der Waals surface area contributed by atoms with Crippen LogP contribution in [-0.2, 0) is 11.3 Å². The molecule has 0 saturated heterocycles. The van der Waals surface area contributed by atoms with Crippen molar-refractivity contribution >= 4 is 5.91 Å². The molecule has 0 spiro atoms. The van der Waals surface area contributed by atoms with E-state index in [-0.39, 0.29) is 5.91 Å². The summed E-state index contributed by atoms with van der Waals surface area (Å²) in [5.41, 5.74) is 1.87. The molecule has 0 bridgehead atoms. The van der Waals surface area contributed by atoms with Gasteiger partial charge in [0.25, 0.3) is 5.91 Å². The van der Waals surface area contributed by atoms with Crippen LogP contribution in [0.5, 0.6) is 5.75 Å². The zero-order valence-electron chi connectivity index (χ0n) is 15.7. The van der Waals surface area contributed by atoms with E-state index in [0.29, 0.717) is 31.1 Å². The van der Waals surface area contributed by atoms with Gasteiger partial charge in [-0.25, -0.2) is 0 Å². The maximum atomic E-state index is 12.4. The molecule has 27 heavy (non-hydrogen) atoms. The van der Waals surface area contributed by atoms with E-state index in [9.17, 15) is 4.79 Å². The normalized spacial score (nSPS) is 17.7. The summed E-state index contributed by atoms with van der Waals surface area (Å²) in [5.74, 6) is 0.510. The van der Waals surface area contributed by atoms with E-state index in [1.807, 2.05) is 24.3 Å². The molecule has 5 nitrogen and oxygen atoms in total. The molecule has 1 aliphatic heterocycles. The molecule has 0 atom stereocenters. The van der Waals surface area contributed by atoms with Crippen LogP contribution in [0.1, 0.15) is 28.8 Å². The lowest BCUT2D eigenvalue weighted by Gasteiger charge is -2.23. The monoisotopic (exact) mass is 368 g/mol. The second-order valence-corrected chi connectivity index (χ2v) is 6.68. The van der Waals surface area contributed by atoms with E-state index in [1.165, 1.54) is 5.56 Å². The molecule has 1 N–H and O–H groups in total. The molecular weight excluding hydrogens is 340 g/mol. The number of hydrogen-bond acceptors (Lipinski definition) is 4. The molecule has 0 unspecified atom stereocenters. The first-order chi connectivity index (χ1) is 13.3. The quantitative estimate of drug-likeness (QED) is 0.885. The molecule has 0 aromatic heterocycles. The van der Waals surface area contributed by atoms with Gasteiger partial charge in [-0.15, -0.1) is 0 Å². The fourth-order valence-corrected chi connectivity index (χ4v) is 3.15. The van der Waals surface area contributed by atoms with E-state index in [1.54, 1.807) is 6.07 Å². The molecule has 0 fully saturated rings. The average Bonchev–Trinajstić information content (AvgIpc) is 2.70. The Morgan fingerprint density at radius 2 is 1.70 bits per heavy atom. The Bertz CT molecular complexity index is 706. The van der Waals surface area contributed by atoms with Gasteiger partial charge < -0.3 is 14.8 Å². The second-order valence-electron chi connectivity index (χ2n) is 6.68. The molecule has 3 rings (SSSR count). The summed E-state index contributed by atoms with van der Waals surface area (Å²) in [6.07, 6.45) is 2.09. The number of carbonyl (C=O) groups is 1. The third-order valence-electron chi connectivity index (χ3n) is 4.59. The third-order valence-corrected chi connectivity index (χ3v) is 4.59. The van der Waals surface area contributed by atoms with Gasteiger partial charge >= 0.3 is 0 Å². The van der Waals surface area contributed by atoms with Crippen molar-refractivity contribution in [1.29, 1.82) is 0 Å². The van der Waals surface area contributed by atoms with Crippen LogP contribution in [0, 0.1) is 0 Å². The van der Waals surface area contributed by atoms with Crippen LogP contribution >= 0.6 is 0 Å². The molecule has 1 aliphatic rings. The maximum absolute atomic E-state index is 12.4. The summed E-state index contributed by atoms with van der Waals surface area (Å²) in [4.78, 5) is 14.8. The Balaban J connectivity index is 1.67. The van der Waals surface area contributed by atoms with Crippen LogP contribution < -0.4 is 10.1 Å². The number of fused-ring (bicyclic) bond motifs is 1. The van der Waals surface area contributed by atoms with E-state index < -0.39 is 0 Å². The van der Waals surface area contributed by atoms with Gasteiger partial charge in [-0.1, -0.05) is 42.5 Å². The molecule has 144 valence electrons. The van der Waals surface area contributed by atoms with Crippen LogP contribution in [0.4, 0.5) is 0 Å². The molecule has 0 radical (unpaired) electrons. The van der Waals surface area contributed by atoms with Crippen molar-refractivity contribution in [1.82, 2.24) is 10.2 Å². The fourth-order valence-electron chi connectivity index (χ4n) is 3.15. The van der Waals surface area contributed by atoms with Crippen molar-refractivity contribution in [2.75, 3.05) is 39.5 Å². The molecule has 1 heterocycles. The largest absolute Gasteiger partial charge is 0.491 e. The first-order valence-electron chi connectivity index (χ1n) is 9.67. The summed E-state index contributed by atoms with van der Waals surface area (Å²) in [6, 6.07) is 17.9. The van der Waals surface area contributed by atoms with Crippen molar-refractivity contribution < 1.29 is 14.3 Å². The highest BCUT2D eigenvalue weighted by Crippen LogP contribution is 2.18. The van der Waals surface area contributed by atoms with E-state index in [2.05, 4.69) is 34.5 Å². The zero-order chi connectivity index (χ0) is 18.7. The minimum absolute atomic E-state index is 0.120. The highest BCUT2D eigenvalue weighted by atomic mass is 16.5. The van der Waals surface area contributed by atoms with Crippen molar-refractivity contribution in [3.8, 4) is 5.75 Å². The summed E-state index contributed by atoms with van der Waals surface area (Å²) in [5, 5.41) is 2.90. The van der Waals surface area contributed by atoms with Crippen molar-refractivity contribution in [3.05, 3.63) is 65.7 Å². The van der Waals surface area contributed by atoms with E-state index in [4.69, 9.17) is 9.47 Å². The summed E-state index contributed by atoms with van der Waals surface area (Å²) in [6.45, 7) is 5.02. The fraction of sp³-hybridized carbons (Fsp3) is 0.409. The first-order valence-corrected chi connectivity index (χ1v) is 9.67. The van der Waals surface area contributed by atoms with Gasteiger partial charge in [0.05, 0.1) is 12.2 Å². The van der Waals surface area contributed by atoms with Crippen LogP contribution in [0.2, 0.25) is 0 Å². The Hall–Kier alpha value is -2.37. The average molecular weight is 368 g/mol. The number of para-hydroxylation sites is 1. The Morgan fingerprint density at radius 1 is 0.889 bits per heavy atom. The molecule has 5 heteroatoms. The number of ether oxygens (including phenoxy) is 2. The number of nitrogens with zero attached hydrogens (tertiary/aromatic N) is 1. The summed E-state index contributed by atoms with van der Waals surface area (Å²) in [7, 11) is 0. The third kappa shape index (κ3) is 6.38. The number of carbonyl (C=O) groups excluding carboxylic acids is 1. The Labute approximate surface area is 161 Å². The van der Waals surface area contributed by atoms with Crippen molar-refractivity contribution in [3.63, 3.8) is 0 Å². The molecule has 1 amide bonds. The second kappa shape index (κ2) is 10.7. The van der Waals surface area contributed by atoms with Gasteiger partial charge in [-0.2, -0.15) is 0 Å². The highest BCUT2D eigenvalue weighted by Gasteiger charge is 2.13. The van der Waals surface area contributed by atoms with Crippen molar-refractivity contribution in [2.24, 2.45) is 0 Å². The lowest BCUT2D eigenvalue weighted by Crippen LogP contribution is -2.30. The topological polar surface area (TPSA) is 50.8 Å². The number of amides is 1. The van der Waals surface area contributed by atoms with E-state index in [0.717, 1.165) is 39.1 Å². The zero-order valence-corrected chi connectivity index (χ0v) is 15.7. The standard InChI is InChI=1S/C22H28N2O3/c25-22-20-10-4-5-11-21(20)27-17-14-24(18-19-8-2-1-3-9-19)13-6-7-15-26-16-12-23-22/h1-5,8-11H,6-7,12-18H2,(H,23,25).